The Kier molecular flexibility index (Phi) is 4.47. The van der Waals surface area contributed by atoms with Crippen molar-refractivity contribution in [2.24, 2.45) is 7.05 Å². The van der Waals surface area contributed by atoms with Gasteiger partial charge in [0.15, 0.2) is 0 Å². The molecule has 1 aliphatic rings. The highest BCUT2D eigenvalue weighted by molar-refractivity contribution is 5.85. The molecular formula is C17H23FN2O2. The number of aliphatic hydroxyl groups excluding tert-OH is 1. The van der Waals surface area contributed by atoms with E-state index in [0.29, 0.717) is 13.0 Å². The van der Waals surface area contributed by atoms with Crippen LogP contribution < -0.4 is 0 Å². The molecule has 1 fully saturated rings. The third kappa shape index (κ3) is 3.02. The Morgan fingerprint density at radius 1 is 1.32 bits per heavy atom. The minimum atomic E-state index is -0.424. The molecule has 0 radical (unpaired) electrons. The maximum atomic E-state index is 13.4. The second-order valence-corrected chi connectivity index (χ2v) is 6.06. The van der Waals surface area contributed by atoms with Crippen molar-refractivity contribution in [3.05, 3.63) is 35.3 Å². The standard InChI is InChI=1S/C17H23FN2O2/c1-12-16(10-14(21)11-20-5-7-22-8-6-20)15-4-3-13(18)9-17(15)19(12)2/h3-4,9,14,21H,5-8,10-11H2,1-2H3. The maximum Gasteiger partial charge on any atom is 0.125 e. The molecule has 0 bridgehead atoms. The van der Waals surface area contributed by atoms with Crippen LogP contribution in [0.3, 0.4) is 0 Å². The molecule has 1 aromatic heterocycles. The van der Waals surface area contributed by atoms with E-state index in [1.54, 1.807) is 6.07 Å². The fourth-order valence-corrected chi connectivity index (χ4v) is 3.26. The van der Waals surface area contributed by atoms with Crippen LogP contribution in [0.15, 0.2) is 18.2 Å². The number of aromatic nitrogens is 1. The normalized spacial score (nSPS) is 18.0. The Morgan fingerprint density at radius 3 is 2.77 bits per heavy atom. The molecule has 0 aliphatic carbocycles. The van der Waals surface area contributed by atoms with Gasteiger partial charge < -0.3 is 14.4 Å². The van der Waals surface area contributed by atoms with Crippen molar-refractivity contribution < 1.29 is 14.2 Å². The Labute approximate surface area is 130 Å². The van der Waals surface area contributed by atoms with Gasteiger partial charge in [-0.2, -0.15) is 0 Å². The van der Waals surface area contributed by atoms with Gasteiger partial charge in [-0.3, -0.25) is 4.90 Å². The molecule has 4 nitrogen and oxygen atoms in total. The Hall–Kier alpha value is -1.43. The third-order valence-corrected chi connectivity index (χ3v) is 4.60. The number of halogens is 1. The minimum Gasteiger partial charge on any atom is -0.391 e. The number of hydrogen-bond donors (Lipinski definition) is 1. The predicted molar refractivity (Wildman–Crippen MR) is 84.6 cm³/mol. The molecule has 1 aromatic carbocycles. The summed E-state index contributed by atoms with van der Waals surface area (Å²) < 4.78 is 20.8. The van der Waals surface area contributed by atoms with E-state index >= 15 is 0 Å². The van der Waals surface area contributed by atoms with Crippen LogP contribution in [0.25, 0.3) is 10.9 Å². The maximum absolute atomic E-state index is 13.4. The summed E-state index contributed by atoms with van der Waals surface area (Å²) in [5.74, 6) is -0.228. The lowest BCUT2D eigenvalue weighted by molar-refractivity contribution is 0.0149. The monoisotopic (exact) mass is 306 g/mol. The zero-order valence-electron chi connectivity index (χ0n) is 13.2. The quantitative estimate of drug-likeness (QED) is 0.937. The number of ether oxygens (including phenoxy) is 1. The van der Waals surface area contributed by atoms with Gasteiger partial charge in [0, 0.05) is 44.2 Å². The first kappa shape index (κ1) is 15.5. The Balaban J connectivity index is 1.79. The topological polar surface area (TPSA) is 37.6 Å². The van der Waals surface area contributed by atoms with E-state index in [9.17, 15) is 9.50 Å². The average molecular weight is 306 g/mol. The molecule has 0 saturated carbocycles. The summed E-state index contributed by atoms with van der Waals surface area (Å²) in [6, 6.07) is 4.86. The number of aliphatic hydroxyl groups is 1. The molecule has 3 rings (SSSR count). The van der Waals surface area contributed by atoms with Crippen molar-refractivity contribution in [1.29, 1.82) is 0 Å². The largest absolute Gasteiger partial charge is 0.391 e. The highest BCUT2D eigenvalue weighted by Crippen LogP contribution is 2.27. The first-order valence-electron chi connectivity index (χ1n) is 7.78. The number of hydrogen-bond acceptors (Lipinski definition) is 3. The van der Waals surface area contributed by atoms with Crippen LogP contribution in [0, 0.1) is 12.7 Å². The summed E-state index contributed by atoms with van der Waals surface area (Å²) in [5.41, 5.74) is 3.07. The molecule has 120 valence electrons. The Morgan fingerprint density at radius 2 is 2.05 bits per heavy atom. The lowest BCUT2D eigenvalue weighted by Crippen LogP contribution is -2.41. The van der Waals surface area contributed by atoms with Crippen molar-refractivity contribution in [2.75, 3.05) is 32.8 Å². The molecule has 22 heavy (non-hydrogen) atoms. The average Bonchev–Trinajstić information content (AvgIpc) is 2.73. The lowest BCUT2D eigenvalue weighted by atomic mass is 10.0. The minimum absolute atomic E-state index is 0.228. The van der Waals surface area contributed by atoms with E-state index in [2.05, 4.69) is 4.90 Å². The van der Waals surface area contributed by atoms with Gasteiger partial charge in [-0.05, 0) is 30.7 Å². The first-order valence-corrected chi connectivity index (χ1v) is 7.78. The zero-order valence-corrected chi connectivity index (χ0v) is 13.2. The van der Waals surface area contributed by atoms with Crippen molar-refractivity contribution >= 4 is 10.9 Å². The number of benzene rings is 1. The second-order valence-electron chi connectivity index (χ2n) is 6.06. The molecule has 1 atom stereocenters. The summed E-state index contributed by atoms with van der Waals surface area (Å²) in [6.45, 7) is 5.89. The predicted octanol–water partition coefficient (Wildman–Crippen LogP) is 1.86. The number of rotatable bonds is 4. The van der Waals surface area contributed by atoms with E-state index in [-0.39, 0.29) is 5.82 Å². The van der Waals surface area contributed by atoms with E-state index in [1.165, 1.54) is 6.07 Å². The number of morpholine rings is 1. The molecular weight excluding hydrogens is 283 g/mol. The SMILES string of the molecule is Cc1c(CC(O)CN2CCOCC2)c2ccc(F)cc2n1C. The summed E-state index contributed by atoms with van der Waals surface area (Å²) in [6.07, 6.45) is 0.166. The van der Waals surface area contributed by atoms with Gasteiger partial charge >= 0.3 is 0 Å². The fourth-order valence-electron chi connectivity index (χ4n) is 3.26. The van der Waals surface area contributed by atoms with Crippen LogP contribution in [0.4, 0.5) is 4.39 Å². The second kappa shape index (κ2) is 6.36. The van der Waals surface area contributed by atoms with Crippen molar-refractivity contribution in [3.63, 3.8) is 0 Å². The van der Waals surface area contributed by atoms with Gasteiger partial charge in [-0.1, -0.05) is 0 Å². The molecule has 2 aromatic rings. The van der Waals surface area contributed by atoms with Crippen LogP contribution in [-0.2, 0) is 18.2 Å². The first-order chi connectivity index (χ1) is 10.6. The van der Waals surface area contributed by atoms with Gasteiger partial charge in [0.2, 0.25) is 0 Å². The summed E-state index contributed by atoms with van der Waals surface area (Å²) in [4.78, 5) is 2.23. The molecule has 1 saturated heterocycles. The van der Waals surface area contributed by atoms with Gasteiger partial charge in [0.05, 0.1) is 24.8 Å². The zero-order chi connectivity index (χ0) is 15.7. The molecule has 1 N–H and O–H groups in total. The van der Waals surface area contributed by atoms with E-state index < -0.39 is 6.10 Å². The summed E-state index contributed by atoms with van der Waals surface area (Å²) in [7, 11) is 1.94. The molecule has 1 aliphatic heterocycles. The third-order valence-electron chi connectivity index (χ3n) is 4.60. The molecule has 2 heterocycles. The van der Waals surface area contributed by atoms with Crippen molar-refractivity contribution in [1.82, 2.24) is 9.47 Å². The van der Waals surface area contributed by atoms with Crippen molar-refractivity contribution in [2.45, 2.75) is 19.4 Å². The van der Waals surface area contributed by atoms with Gasteiger partial charge in [-0.15, -0.1) is 0 Å². The summed E-state index contributed by atoms with van der Waals surface area (Å²) in [5, 5.41) is 11.5. The number of fused-ring (bicyclic) bond motifs is 1. The van der Waals surface area contributed by atoms with E-state index in [0.717, 1.165) is 48.5 Å². The number of nitrogens with zero attached hydrogens (tertiary/aromatic N) is 2. The van der Waals surface area contributed by atoms with E-state index in [4.69, 9.17) is 4.74 Å². The Bertz CT molecular complexity index is 662. The summed E-state index contributed by atoms with van der Waals surface area (Å²) >= 11 is 0. The molecule has 0 amide bonds. The van der Waals surface area contributed by atoms with Gasteiger partial charge in [0.1, 0.15) is 5.82 Å². The number of aryl methyl sites for hydroxylation is 1. The van der Waals surface area contributed by atoms with Crippen LogP contribution in [0.1, 0.15) is 11.3 Å². The van der Waals surface area contributed by atoms with Crippen LogP contribution in [0.5, 0.6) is 0 Å². The molecule has 0 spiro atoms. The highest BCUT2D eigenvalue weighted by atomic mass is 19.1. The highest BCUT2D eigenvalue weighted by Gasteiger charge is 2.19. The lowest BCUT2D eigenvalue weighted by Gasteiger charge is -2.28. The molecule has 1 unspecified atom stereocenters. The fraction of sp³-hybridized carbons (Fsp3) is 0.529. The smallest absolute Gasteiger partial charge is 0.125 e. The van der Waals surface area contributed by atoms with E-state index in [1.807, 2.05) is 24.6 Å². The molecule has 5 heteroatoms. The number of β-amino-alcohol motifs (C(OH)–C–C–N with tert-alkyl or cyclic N) is 1. The van der Waals surface area contributed by atoms with Crippen LogP contribution in [0.2, 0.25) is 0 Å². The van der Waals surface area contributed by atoms with Crippen molar-refractivity contribution in [3.8, 4) is 0 Å². The van der Waals surface area contributed by atoms with Crippen LogP contribution in [-0.4, -0.2) is 53.5 Å². The van der Waals surface area contributed by atoms with Crippen LogP contribution >= 0.6 is 0 Å². The van der Waals surface area contributed by atoms with Gasteiger partial charge in [0.25, 0.3) is 0 Å². The van der Waals surface area contributed by atoms with Gasteiger partial charge in [-0.25, -0.2) is 4.39 Å².